The Balaban J connectivity index is 1.45. The highest BCUT2D eigenvalue weighted by atomic mass is 19.1. The van der Waals surface area contributed by atoms with Crippen LogP contribution >= 0.6 is 0 Å². The average Bonchev–Trinajstić information content (AvgIpc) is 2.73. The minimum Gasteiger partial charge on any atom is -0.361 e. The van der Waals surface area contributed by atoms with Crippen molar-refractivity contribution in [2.24, 2.45) is 0 Å². The Bertz CT molecular complexity index is 950. The molecule has 2 aromatic carbocycles. The van der Waals surface area contributed by atoms with Crippen molar-refractivity contribution >= 4 is 17.5 Å². The van der Waals surface area contributed by atoms with E-state index in [1.54, 1.807) is 34.1 Å². The van der Waals surface area contributed by atoms with Crippen molar-refractivity contribution < 1.29 is 23.1 Å². The summed E-state index contributed by atoms with van der Waals surface area (Å²) in [6, 6.07) is 11.9. The molecule has 0 unspecified atom stereocenters. The van der Waals surface area contributed by atoms with E-state index in [1.165, 1.54) is 24.3 Å². The maximum atomic E-state index is 13.3. The minimum absolute atomic E-state index is 0.0206. The van der Waals surface area contributed by atoms with E-state index in [4.69, 9.17) is 4.74 Å². The molecule has 5 nitrogen and oxygen atoms in total. The summed E-state index contributed by atoms with van der Waals surface area (Å²) in [7, 11) is 0. The first kappa shape index (κ1) is 20.5. The summed E-state index contributed by atoms with van der Waals surface area (Å²) in [5, 5.41) is 0. The normalized spacial score (nSPS) is 24.0. The lowest BCUT2D eigenvalue weighted by Gasteiger charge is -2.52. The van der Waals surface area contributed by atoms with E-state index in [0.29, 0.717) is 31.6 Å². The maximum absolute atomic E-state index is 13.3. The molecule has 0 N–H and O–H groups in total. The SMILES string of the molecule is C[C@@]12CN(C(=O)CCc3cccc(F)c3)CC[C@H]1N(c1ccc(F)cc1)C(=O)CO2. The van der Waals surface area contributed by atoms with Crippen molar-refractivity contribution in [3.63, 3.8) is 0 Å². The second kappa shape index (κ2) is 8.14. The molecule has 158 valence electrons. The van der Waals surface area contributed by atoms with Crippen LogP contribution in [-0.2, 0) is 20.7 Å². The monoisotopic (exact) mass is 414 g/mol. The van der Waals surface area contributed by atoms with Gasteiger partial charge in [-0.3, -0.25) is 9.59 Å². The van der Waals surface area contributed by atoms with E-state index in [2.05, 4.69) is 0 Å². The number of fused-ring (bicyclic) bond motifs is 1. The lowest BCUT2D eigenvalue weighted by molar-refractivity contribution is -0.158. The highest BCUT2D eigenvalue weighted by molar-refractivity contribution is 5.96. The van der Waals surface area contributed by atoms with Gasteiger partial charge in [0, 0.05) is 18.7 Å². The zero-order valence-corrected chi connectivity index (χ0v) is 16.8. The molecule has 2 fully saturated rings. The van der Waals surface area contributed by atoms with Gasteiger partial charge in [0.25, 0.3) is 5.91 Å². The Labute approximate surface area is 174 Å². The number of morpholine rings is 1. The maximum Gasteiger partial charge on any atom is 0.253 e. The lowest BCUT2D eigenvalue weighted by Crippen LogP contribution is -2.68. The predicted molar refractivity (Wildman–Crippen MR) is 108 cm³/mol. The molecule has 2 saturated heterocycles. The van der Waals surface area contributed by atoms with Gasteiger partial charge in [-0.05, 0) is 61.7 Å². The predicted octanol–water partition coefficient (Wildman–Crippen LogP) is 3.32. The van der Waals surface area contributed by atoms with Crippen molar-refractivity contribution in [2.75, 3.05) is 24.6 Å². The molecule has 2 heterocycles. The molecular formula is C23H24F2N2O3. The van der Waals surface area contributed by atoms with Gasteiger partial charge >= 0.3 is 0 Å². The van der Waals surface area contributed by atoms with Gasteiger partial charge in [0.2, 0.25) is 5.91 Å². The Morgan fingerprint density at radius 2 is 1.93 bits per heavy atom. The Morgan fingerprint density at radius 1 is 1.17 bits per heavy atom. The lowest BCUT2D eigenvalue weighted by atomic mass is 9.85. The first-order valence-corrected chi connectivity index (χ1v) is 10.1. The fourth-order valence-electron chi connectivity index (χ4n) is 4.40. The molecule has 2 aromatic rings. The number of rotatable bonds is 4. The average molecular weight is 414 g/mol. The van der Waals surface area contributed by atoms with Gasteiger partial charge in [-0.15, -0.1) is 0 Å². The first-order valence-electron chi connectivity index (χ1n) is 10.1. The van der Waals surface area contributed by atoms with E-state index < -0.39 is 5.60 Å². The summed E-state index contributed by atoms with van der Waals surface area (Å²) in [6.07, 6.45) is 1.31. The molecule has 0 radical (unpaired) electrons. The number of ether oxygens (including phenoxy) is 1. The smallest absolute Gasteiger partial charge is 0.253 e. The van der Waals surface area contributed by atoms with Gasteiger partial charge in [-0.25, -0.2) is 8.78 Å². The number of hydrogen-bond donors (Lipinski definition) is 0. The molecule has 2 aliphatic rings. The summed E-state index contributed by atoms with van der Waals surface area (Å²) in [4.78, 5) is 28.8. The number of likely N-dealkylation sites (tertiary alicyclic amines) is 1. The third kappa shape index (κ3) is 4.07. The molecule has 7 heteroatoms. The summed E-state index contributed by atoms with van der Waals surface area (Å²) >= 11 is 0. The van der Waals surface area contributed by atoms with Crippen LogP contribution in [0.25, 0.3) is 0 Å². The number of anilines is 1. The van der Waals surface area contributed by atoms with Crippen molar-refractivity contribution in [1.29, 1.82) is 0 Å². The number of carbonyl (C=O) groups excluding carboxylic acids is 2. The zero-order valence-electron chi connectivity index (χ0n) is 16.8. The van der Waals surface area contributed by atoms with Gasteiger partial charge in [-0.1, -0.05) is 12.1 Å². The number of amides is 2. The van der Waals surface area contributed by atoms with Crippen molar-refractivity contribution in [3.8, 4) is 0 Å². The third-order valence-electron chi connectivity index (χ3n) is 5.96. The van der Waals surface area contributed by atoms with E-state index in [9.17, 15) is 18.4 Å². The van der Waals surface area contributed by atoms with E-state index >= 15 is 0 Å². The van der Waals surface area contributed by atoms with Gasteiger partial charge in [0.15, 0.2) is 0 Å². The first-order chi connectivity index (χ1) is 14.4. The molecule has 4 rings (SSSR count). The molecule has 2 amide bonds. The van der Waals surface area contributed by atoms with Gasteiger partial charge in [-0.2, -0.15) is 0 Å². The van der Waals surface area contributed by atoms with Crippen LogP contribution < -0.4 is 4.90 Å². The Morgan fingerprint density at radius 3 is 2.67 bits per heavy atom. The number of nitrogens with zero attached hydrogens (tertiary/aromatic N) is 2. The molecule has 0 aromatic heterocycles. The topological polar surface area (TPSA) is 49.9 Å². The van der Waals surface area contributed by atoms with E-state index in [1.807, 2.05) is 6.92 Å². The molecule has 30 heavy (non-hydrogen) atoms. The molecule has 2 atom stereocenters. The number of carbonyl (C=O) groups is 2. The molecular weight excluding hydrogens is 390 g/mol. The fourth-order valence-corrected chi connectivity index (χ4v) is 4.40. The minimum atomic E-state index is -0.713. The molecule has 2 aliphatic heterocycles. The summed E-state index contributed by atoms with van der Waals surface area (Å²) in [5.74, 6) is -0.863. The van der Waals surface area contributed by atoms with Crippen LogP contribution in [0.5, 0.6) is 0 Å². The van der Waals surface area contributed by atoms with Gasteiger partial charge < -0.3 is 14.5 Å². The quantitative estimate of drug-likeness (QED) is 0.771. The molecule has 0 saturated carbocycles. The number of piperidine rings is 1. The number of benzene rings is 2. The highest BCUT2D eigenvalue weighted by Crippen LogP contribution is 2.36. The van der Waals surface area contributed by atoms with E-state index in [-0.39, 0.29) is 42.5 Å². The number of aryl methyl sites for hydroxylation is 1. The fraction of sp³-hybridized carbons (Fsp3) is 0.391. The molecule has 0 bridgehead atoms. The standard InChI is InChI=1S/C23H24F2N2O3/c1-23-15-26(21(28)10-5-16-3-2-4-18(25)13-16)12-11-20(23)27(22(29)14-30-23)19-8-6-17(24)7-9-19/h2-4,6-9,13,20H,5,10-12,14-15H2,1H3/t20-,23-/m1/s1. The van der Waals surface area contributed by atoms with E-state index in [0.717, 1.165) is 5.56 Å². The van der Waals surface area contributed by atoms with Crippen LogP contribution in [0.1, 0.15) is 25.3 Å². The Kier molecular flexibility index (Phi) is 5.56. The largest absolute Gasteiger partial charge is 0.361 e. The number of halogens is 2. The van der Waals surface area contributed by atoms with Crippen molar-refractivity contribution in [1.82, 2.24) is 4.90 Å². The van der Waals surface area contributed by atoms with Crippen LogP contribution in [0, 0.1) is 11.6 Å². The van der Waals surface area contributed by atoms with Crippen LogP contribution in [0.4, 0.5) is 14.5 Å². The molecule has 0 spiro atoms. The molecule has 0 aliphatic carbocycles. The Hall–Kier alpha value is -2.80. The summed E-state index contributed by atoms with van der Waals surface area (Å²) in [5.41, 5.74) is 0.702. The van der Waals surface area contributed by atoms with Crippen LogP contribution in [0.15, 0.2) is 48.5 Å². The third-order valence-corrected chi connectivity index (χ3v) is 5.96. The van der Waals surface area contributed by atoms with Gasteiger partial charge in [0.1, 0.15) is 23.8 Å². The summed E-state index contributed by atoms with van der Waals surface area (Å²) < 4.78 is 32.6. The highest BCUT2D eigenvalue weighted by Gasteiger charge is 2.50. The second-order valence-electron chi connectivity index (χ2n) is 8.09. The number of hydrogen-bond acceptors (Lipinski definition) is 3. The van der Waals surface area contributed by atoms with Crippen molar-refractivity contribution in [3.05, 3.63) is 65.7 Å². The van der Waals surface area contributed by atoms with Crippen molar-refractivity contribution in [2.45, 2.75) is 37.8 Å². The zero-order chi connectivity index (χ0) is 21.3. The van der Waals surface area contributed by atoms with Crippen LogP contribution in [-0.4, -0.2) is 48.1 Å². The van der Waals surface area contributed by atoms with Crippen LogP contribution in [0.2, 0.25) is 0 Å². The summed E-state index contributed by atoms with van der Waals surface area (Å²) in [6.45, 7) is 2.68. The van der Waals surface area contributed by atoms with Gasteiger partial charge in [0.05, 0.1) is 12.6 Å². The van der Waals surface area contributed by atoms with Crippen LogP contribution in [0.3, 0.4) is 0 Å². The second-order valence-corrected chi connectivity index (χ2v) is 8.09.